The Kier molecular flexibility index (Phi) is 14.9. The summed E-state index contributed by atoms with van der Waals surface area (Å²) in [7, 11) is 0. The van der Waals surface area contributed by atoms with E-state index < -0.39 is 0 Å². The van der Waals surface area contributed by atoms with Crippen LogP contribution in [-0.2, 0) is 0 Å². The van der Waals surface area contributed by atoms with Crippen molar-refractivity contribution < 1.29 is 9.47 Å². The fraction of sp³-hybridized carbons (Fsp3) is 0.278. The molecule has 0 spiro atoms. The standard InChI is InChI=1S/2C18H19N3O/c2*1-2-3-4-13-22-18-11-9-17(10-12-18)21-20-16-7-5-15(14-19)6-8-16/h2*5-12H,2-4,13H2,1H3. The molecule has 0 atom stereocenters. The van der Waals surface area contributed by atoms with Crippen molar-refractivity contribution in [3.05, 3.63) is 108 Å². The van der Waals surface area contributed by atoms with Crippen LogP contribution in [0.4, 0.5) is 22.7 Å². The molecule has 0 radical (unpaired) electrons. The van der Waals surface area contributed by atoms with Gasteiger partial charge in [0, 0.05) is 0 Å². The number of hydrogen-bond donors (Lipinski definition) is 0. The maximum absolute atomic E-state index is 8.74. The Balaban J connectivity index is 0.000000240. The summed E-state index contributed by atoms with van der Waals surface area (Å²) in [5.41, 5.74) is 4.21. The van der Waals surface area contributed by atoms with Crippen LogP contribution in [0.15, 0.2) is 118 Å². The molecule has 8 heteroatoms. The van der Waals surface area contributed by atoms with Gasteiger partial charge in [0.25, 0.3) is 0 Å². The highest BCUT2D eigenvalue weighted by atomic mass is 16.5. The van der Waals surface area contributed by atoms with Gasteiger partial charge in [-0.25, -0.2) is 0 Å². The second-order valence-corrected chi connectivity index (χ2v) is 9.82. The van der Waals surface area contributed by atoms with Crippen LogP contribution in [0.3, 0.4) is 0 Å². The smallest absolute Gasteiger partial charge is 0.119 e. The number of unbranched alkanes of at least 4 members (excludes halogenated alkanes) is 4. The fourth-order valence-corrected chi connectivity index (χ4v) is 3.74. The zero-order valence-corrected chi connectivity index (χ0v) is 25.4. The van der Waals surface area contributed by atoms with Gasteiger partial charge >= 0.3 is 0 Å². The van der Waals surface area contributed by atoms with Gasteiger partial charge in [0.05, 0.1) is 59.2 Å². The zero-order valence-electron chi connectivity index (χ0n) is 25.4. The van der Waals surface area contributed by atoms with Crippen LogP contribution in [-0.4, -0.2) is 13.2 Å². The Labute approximate surface area is 260 Å². The molecule has 44 heavy (non-hydrogen) atoms. The predicted octanol–water partition coefficient (Wildman–Crippen LogP) is 11.1. The molecule has 0 unspecified atom stereocenters. The summed E-state index contributed by atoms with van der Waals surface area (Å²) >= 11 is 0. The van der Waals surface area contributed by atoms with Crippen molar-refractivity contribution in [2.24, 2.45) is 20.5 Å². The Bertz CT molecular complexity index is 1400. The SMILES string of the molecule is CCCCCOc1ccc(N=Nc2ccc(C#N)cc2)cc1.CCCCCOc1ccc(N=Nc2ccc(C#N)cc2)cc1. The van der Waals surface area contributed by atoms with Crippen molar-refractivity contribution in [3.8, 4) is 23.6 Å². The van der Waals surface area contributed by atoms with E-state index in [0.29, 0.717) is 11.1 Å². The average Bonchev–Trinajstić information content (AvgIpc) is 3.08. The molecule has 8 nitrogen and oxygen atoms in total. The number of nitrogens with zero attached hydrogens (tertiary/aromatic N) is 6. The van der Waals surface area contributed by atoms with Gasteiger partial charge < -0.3 is 9.47 Å². The lowest BCUT2D eigenvalue weighted by Crippen LogP contribution is -1.96. The highest BCUT2D eigenvalue weighted by molar-refractivity contribution is 5.46. The van der Waals surface area contributed by atoms with Crippen LogP contribution >= 0.6 is 0 Å². The van der Waals surface area contributed by atoms with E-state index in [1.54, 1.807) is 48.5 Å². The van der Waals surface area contributed by atoms with Gasteiger partial charge in [0.2, 0.25) is 0 Å². The van der Waals surface area contributed by atoms with Crippen LogP contribution in [0.25, 0.3) is 0 Å². The summed E-state index contributed by atoms with van der Waals surface area (Å²) in [6.45, 7) is 5.85. The number of hydrogen-bond acceptors (Lipinski definition) is 8. The van der Waals surface area contributed by atoms with Gasteiger partial charge in [0.1, 0.15) is 11.5 Å². The van der Waals surface area contributed by atoms with Crippen molar-refractivity contribution in [2.75, 3.05) is 13.2 Å². The topological polar surface area (TPSA) is 115 Å². The van der Waals surface area contributed by atoms with Gasteiger partial charge in [-0.05, 0) is 110 Å². The summed E-state index contributed by atoms with van der Waals surface area (Å²) < 4.78 is 11.3. The number of ether oxygens (including phenoxy) is 2. The molecule has 0 saturated carbocycles. The number of nitriles is 2. The first-order valence-corrected chi connectivity index (χ1v) is 14.9. The van der Waals surface area contributed by atoms with Crippen molar-refractivity contribution in [3.63, 3.8) is 0 Å². The molecule has 224 valence electrons. The first-order chi connectivity index (χ1) is 21.6. The minimum atomic E-state index is 0.614. The molecule has 0 saturated heterocycles. The second kappa shape index (κ2) is 19.7. The van der Waals surface area contributed by atoms with E-state index in [1.165, 1.54) is 25.7 Å². The molecule has 4 aromatic carbocycles. The molecule has 0 bridgehead atoms. The largest absolute Gasteiger partial charge is 0.494 e. The zero-order chi connectivity index (χ0) is 31.2. The van der Waals surface area contributed by atoms with Crippen molar-refractivity contribution in [1.82, 2.24) is 0 Å². The Hall–Kier alpha value is -5.34. The molecule has 0 aromatic heterocycles. The van der Waals surface area contributed by atoms with Crippen LogP contribution in [0, 0.1) is 22.7 Å². The fourth-order valence-electron chi connectivity index (χ4n) is 3.74. The molecule has 0 amide bonds. The maximum atomic E-state index is 8.74. The van der Waals surface area contributed by atoms with Gasteiger partial charge in [-0.2, -0.15) is 31.0 Å². The Morgan fingerprint density at radius 3 is 1.02 bits per heavy atom. The predicted molar refractivity (Wildman–Crippen MR) is 174 cm³/mol. The highest BCUT2D eigenvalue weighted by Crippen LogP contribution is 2.23. The first-order valence-electron chi connectivity index (χ1n) is 14.9. The molecule has 0 N–H and O–H groups in total. The van der Waals surface area contributed by atoms with Gasteiger partial charge in [-0.1, -0.05) is 39.5 Å². The summed E-state index contributed by atoms with van der Waals surface area (Å²) in [6, 6.07) is 33.2. The van der Waals surface area contributed by atoms with E-state index in [2.05, 4.69) is 46.4 Å². The molecule has 4 aromatic rings. The van der Waals surface area contributed by atoms with E-state index in [4.69, 9.17) is 20.0 Å². The maximum Gasteiger partial charge on any atom is 0.119 e. The lowest BCUT2D eigenvalue weighted by Gasteiger charge is -2.05. The molecule has 0 aliphatic rings. The average molecular weight is 587 g/mol. The summed E-state index contributed by atoms with van der Waals surface area (Å²) in [4.78, 5) is 0. The third-order valence-electron chi connectivity index (χ3n) is 6.26. The first kappa shape index (κ1) is 33.2. The molecule has 4 rings (SSSR count). The highest BCUT2D eigenvalue weighted by Gasteiger charge is 1.98. The molecular formula is C36H38N6O2. The van der Waals surface area contributed by atoms with Gasteiger partial charge in [0.15, 0.2) is 0 Å². The van der Waals surface area contributed by atoms with Crippen LogP contribution in [0.2, 0.25) is 0 Å². The van der Waals surface area contributed by atoms with Crippen molar-refractivity contribution in [1.29, 1.82) is 10.5 Å². The molecule has 0 fully saturated rings. The lowest BCUT2D eigenvalue weighted by atomic mass is 10.2. The molecule has 0 aliphatic carbocycles. The molecular weight excluding hydrogens is 548 g/mol. The summed E-state index contributed by atoms with van der Waals surface area (Å²) in [5.74, 6) is 1.71. The minimum absolute atomic E-state index is 0.614. The minimum Gasteiger partial charge on any atom is -0.494 e. The van der Waals surface area contributed by atoms with Crippen LogP contribution in [0.1, 0.15) is 63.5 Å². The molecule has 0 heterocycles. The van der Waals surface area contributed by atoms with E-state index in [9.17, 15) is 0 Å². The van der Waals surface area contributed by atoms with Crippen LogP contribution < -0.4 is 9.47 Å². The monoisotopic (exact) mass is 586 g/mol. The van der Waals surface area contributed by atoms with E-state index in [-0.39, 0.29) is 0 Å². The van der Waals surface area contributed by atoms with E-state index >= 15 is 0 Å². The lowest BCUT2D eigenvalue weighted by molar-refractivity contribution is 0.306. The third-order valence-corrected chi connectivity index (χ3v) is 6.26. The number of azo groups is 2. The Morgan fingerprint density at radius 1 is 0.455 bits per heavy atom. The van der Waals surface area contributed by atoms with Gasteiger partial charge in [-0.15, -0.1) is 0 Å². The summed E-state index contributed by atoms with van der Waals surface area (Å²) in [5, 5.41) is 34.1. The van der Waals surface area contributed by atoms with E-state index in [1.807, 2.05) is 48.5 Å². The van der Waals surface area contributed by atoms with Crippen molar-refractivity contribution >= 4 is 22.7 Å². The quantitative estimate of drug-likeness (QED) is 0.108. The van der Waals surface area contributed by atoms with Crippen molar-refractivity contribution in [2.45, 2.75) is 52.4 Å². The summed E-state index contributed by atoms with van der Waals surface area (Å²) in [6.07, 6.45) is 6.93. The molecule has 0 aliphatic heterocycles. The van der Waals surface area contributed by atoms with Crippen LogP contribution in [0.5, 0.6) is 11.5 Å². The number of benzene rings is 4. The van der Waals surface area contributed by atoms with Gasteiger partial charge in [-0.3, -0.25) is 0 Å². The normalized spacial score (nSPS) is 10.5. The second-order valence-electron chi connectivity index (χ2n) is 9.82. The number of rotatable bonds is 14. The Morgan fingerprint density at radius 2 is 0.750 bits per heavy atom. The third kappa shape index (κ3) is 12.7. The van der Waals surface area contributed by atoms with E-state index in [0.717, 1.165) is 60.3 Å².